The van der Waals surface area contributed by atoms with Crippen molar-refractivity contribution in [1.29, 1.82) is 5.26 Å². The Hall–Kier alpha value is -2.16. The summed E-state index contributed by atoms with van der Waals surface area (Å²) in [4.78, 5) is 22.5. The zero-order valence-corrected chi connectivity index (χ0v) is 13.9. The molecule has 6 heteroatoms. The summed E-state index contributed by atoms with van der Waals surface area (Å²) in [7, 11) is 0. The number of carbonyl (C=O) groups excluding carboxylic acids is 1. The number of hydrogen-bond donors (Lipinski definition) is 0. The fourth-order valence-electron chi connectivity index (χ4n) is 3.02. The smallest absolute Gasteiger partial charge is 0.251 e. The van der Waals surface area contributed by atoms with Crippen molar-refractivity contribution in [3.05, 3.63) is 18.1 Å². The Morgan fingerprint density at radius 1 is 1.39 bits per heavy atom. The van der Waals surface area contributed by atoms with Gasteiger partial charge in [-0.15, -0.1) is 0 Å². The summed E-state index contributed by atoms with van der Waals surface area (Å²) >= 11 is 0. The van der Waals surface area contributed by atoms with Gasteiger partial charge in [-0.2, -0.15) is 5.26 Å². The van der Waals surface area contributed by atoms with E-state index < -0.39 is 0 Å². The highest BCUT2D eigenvalue weighted by Crippen LogP contribution is 2.23. The number of carbonyl (C=O) groups is 1. The Morgan fingerprint density at radius 3 is 2.74 bits per heavy atom. The van der Waals surface area contributed by atoms with E-state index in [1.165, 1.54) is 12.4 Å². The van der Waals surface area contributed by atoms with Crippen LogP contribution < -0.4 is 4.74 Å². The van der Waals surface area contributed by atoms with Gasteiger partial charge in [-0.1, -0.05) is 26.7 Å². The Bertz CT molecular complexity index is 564. The van der Waals surface area contributed by atoms with Crippen molar-refractivity contribution in [3.63, 3.8) is 0 Å². The van der Waals surface area contributed by atoms with Gasteiger partial charge < -0.3 is 9.64 Å². The minimum atomic E-state index is -0.119. The molecule has 1 aromatic rings. The first-order chi connectivity index (χ1) is 11.2. The van der Waals surface area contributed by atoms with E-state index in [1.54, 1.807) is 0 Å². The Labute approximate surface area is 137 Å². The van der Waals surface area contributed by atoms with Gasteiger partial charge in [0, 0.05) is 31.3 Å². The molecule has 1 aliphatic rings. The zero-order chi connectivity index (χ0) is 16.7. The van der Waals surface area contributed by atoms with Crippen LogP contribution in [0.25, 0.3) is 0 Å². The van der Waals surface area contributed by atoms with Crippen LogP contribution in [0.5, 0.6) is 5.88 Å². The first kappa shape index (κ1) is 17.2. The number of ether oxygens (including phenoxy) is 1. The van der Waals surface area contributed by atoms with E-state index in [4.69, 9.17) is 10.00 Å². The molecule has 1 unspecified atom stereocenters. The van der Waals surface area contributed by atoms with Crippen LogP contribution >= 0.6 is 0 Å². The summed E-state index contributed by atoms with van der Waals surface area (Å²) in [5, 5.41) is 9.03. The van der Waals surface area contributed by atoms with Crippen LogP contribution in [0.15, 0.2) is 12.4 Å². The third kappa shape index (κ3) is 4.41. The van der Waals surface area contributed by atoms with E-state index in [0.29, 0.717) is 13.1 Å². The van der Waals surface area contributed by atoms with Crippen molar-refractivity contribution < 1.29 is 9.53 Å². The van der Waals surface area contributed by atoms with Gasteiger partial charge in [-0.3, -0.25) is 4.79 Å². The van der Waals surface area contributed by atoms with Gasteiger partial charge in [-0.25, -0.2) is 9.97 Å². The van der Waals surface area contributed by atoms with Gasteiger partial charge in [-0.05, 0) is 12.8 Å². The molecule has 6 nitrogen and oxygen atoms in total. The monoisotopic (exact) mass is 316 g/mol. The lowest BCUT2D eigenvalue weighted by atomic mass is 9.97. The van der Waals surface area contributed by atoms with Gasteiger partial charge >= 0.3 is 0 Å². The molecule has 124 valence electrons. The lowest BCUT2D eigenvalue weighted by Crippen LogP contribution is -2.35. The maximum atomic E-state index is 12.6. The minimum Gasteiger partial charge on any atom is -0.470 e. The standard InChI is InChI=1S/C17H24N4O2/c1-3-5-13(6-4-2)17(22)21-10-7-14(12-21)23-16-15(11-18)19-8-9-20-16/h8-9,13-14H,3-7,10,12H2,1-2H3. The van der Waals surface area contributed by atoms with Crippen molar-refractivity contribution in [2.24, 2.45) is 5.92 Å². The van der Waals surface area contributed by atoms with Gasteiger partial charge in [0.1, 0.15) is 12.2 Å². The fourth-order valence-corrected chi connectivity index (χ4v) is 3.02. The first-order valence-electron chi connectivity index (χ1n) is 8.36. The lowest BCUT2D eigenvalue weighted by Gasteiger charge is -2.23. The normalized spacial score (nSPS) is 17.3. The molecule has 23 heavy (non-hydrogen) atoms. The van der Waals surface area contributed by atoms with Crippen LogP contribution in [0.2, 0.25) is 0 Å². The highest BCUT2D eigenvalue weighted by Gasteiger charge is 2.31. The second kappa shape index (κ2) is 8.47. The van der Waals surface area contributed by atoms with Crippen LogP contribution in [0.3, 0.4) is 0 Å². The largest absolute Gasteiger partial charge is 0.470 e. The molecule has 0 spiro atoms. The summed E-state index contributed by atoms with van der Waals surface area (Å²) in [5.41, 5.74) is 0.187. The van der Waals surface area contributed by atoms with Crippen molar-refractivity contribution in [2.75, 3.05) is 13.1 Å². The highest BCUT2D eigenvalue weighted by atomic mass is 16.5. The third-order valence-corrected chi connectivity index (χ3v) is 4.13. The average Bonchev–Trinajstić information content (AvgIpc) is 3.03. The minimum absolute atomic E-state index is 0.119. The van der Waals surface area contributed by atoms with E-state index >= 15 is 0 Å². The van der Waals surface area contributed by atoms with E-state index in [2.05, 4.69) is 23.8 Å². The molecule has 1 saturated heterocycles. The summed E-state index contributed by atoms with van der Waals surface area (Å²) in [6.45, 7) is 5.49. The number of nitriles is 1. The van der Waals surface area contributed by atoms with E-state index in [0.717, 1.165) is 32.1 Å². The average molecular weight is 316 g/mol. The molecule has 1 aliphatic heterocycles. The van der Waals surface area contributed by atoms with Crippen molar-refractivity contribution in [2.45, 2.75) is 52.1 Å². The van der Waals surface area contributed by atoms with Gasteiger partial charge in [0.25, 0.3) is 5.88 Å². The number of rotatable bonds is 7. The van der Waals surface area contributed by atoms with Crippen molar-refractivity contribution in [1.82, 2.24) is 14.9 Å². The summed E-state index contributed by atoms with van der Waals surface area (Å²) < 4.78 is 5.79. The molecular formula is C17H24N4O2. The Morgan fingerprint density at radius 2 is 2.09 bits per heavy atom. The van der Waals surface area contributed by atoms with Crippen molar-refractivity contribution >= 4 is 5.91 Å². The number of amides is 1. The van der Waals surface area contributed by atoms with Crippen LogP contribution in [-0.2, 0) is 4.79 Å². The van der Waals surface area contributed by atoms with Gasteiger partial charge in [0.05, 0.1) is 6.54 Å². The fraction of sp³-hybridized carbons (Fsp3) is 0.647. The molecule has 0 bridgehead atoms. The van der Waals surface area contributed by atoms with E-state index in [-0.39, 0.29) is 29.5 Å². The van der Waals surface area contributed by atoms with Gasteiger partial charge in [0.15, 0.2) is 0 Å². The van der Waals surface area contributed by atoms with Crippen LogP contribution in [-0.4, -0.2) is 40.0 Å². The molecule has 2 heterocycles. The second-order valence-electron chi connectivity index (χ2n) is 5.91. The number of likely N-dealkylation sites (tertiary alicyclic amines) is 1. The molecule has 0 radical (unpaired) electrons. The molecule has 1 atom stereocenters. The van der Waals surface area contributed by atoms with E-state index in [1.807, 2.05) is 11.0 Å². The molecule has 0 aliphatic carbocycles. The van der Waals surface area contributed by atoms with Crippen LogP contribution in [0.4, 0.5) is 0 Å². The van der Waals surface area contributed by atoms with Crippen molar-refractivity contribution in [3.8, 4) is 11.9 Å². The van der Waals surface area contributed by atoms with Gasteiger partial charge in [0.2, 0.25) is 11.6 Å². The Balaban J connectivity index is 1.95. The molecule has 0 N–H and O–H groups in total. The lowest BCUT2D eigenvalue weighted by molar-refractivity contribution is -0.135. The molecule has 0 saturated carbocycles. The first-order valence-corrected chi connectivity index (χ1v) is 8.36. The molecule has 0 aromatic carbocycles. The summed E-state index contributed by atoms with van der Waals surface area (Å²) in [5.74, 6) is 0.613. The number of nitrogens with zero attached hydrogens (tertiary/aromatic N) is 4. The maximum Gasteiger partial charge on any atom is 0.251 e. The maximum absolute atomic E-state index is 12.6. The zero-order valence-electron chi connectivity index (χ0n) is 13.9. The SMILES string of the molecule is CCCC(CCC)C(=O)N1CCC(Oc2nccnc2C#N)C1. The Kier molecular flexibility index (Phi) is 6.33. The third-order valence-electron chi connectivity index (χ3n) is 4.13. The molecule has 1 aromatic heterocycles. The predicted octanol–water partition coefficient (Wildman–Crippen LogP) is 2.54. The summed E-state index contributed by atoms with van der Waals surface area (Å²) in [6, 6.07) is 1.98. The topological polar surface area (TPSA) is 79.1 Å². The second-order valence-corrected chi connectivity index (χ2v) is 5.91. The number of hydrogen-bond acceptors (Lipinski definition) is 5. The number of aromatic nitrogens is 2. The highest BCUT2D eigenvalue weighted by molar-refractivity contribution is 5.79. The molecular weight excluding hydrogens is 292 g/mol. The van der Waals surface area contributed by atoms with Crippen LogP contribution in [0.1, 0.15) is 51.6 Å². The molecule has 1 fully saturated rings. The molecule has 1 amide bonds. The van der Waals surface area contributed by atoms with E-state index in [9.17, 15) is 4.79 Å². The quantitative estimate of drug-likeness (QED) is 0.772. The predicted molar refractivity (Wildman–Crippen MR) is 85.7 cm³/mol. The molecule has 2 rings (SSSR count). The van der Waals surface area contributed by atoms with Crippen LogP contribution in [0, 0.1) is 17.2 Å². The summed E-state index contributed by atoms with van der Waals surface area (Å²) in [6.07, 6.45) is 7.55.